The molecular weight excluding hydrogens is 387 g/mol. The van der Waals surface area contributed by atoms with E-state index in [4.69, 9.17) is 27.9 Å². The Balaban J connectivity index is 2.12. The van der Waals surface area contributed by atoms with Crippen LogP contribution in [0.25, 0.3) is 11.5 Å². The van der Waals surface area contributed by atoms with Crippen LogP contribution in [0.1, 0.15) is 12.6 Å². The summed E-state index contributed by atoms with van der Waals surface area (Å²) in [6.07, 6.45) is 1.46. The molecule has 2 aromatic heterocycles. The van der Waals surface area contributed by atoms with Gasteiger partial charge in [-0.2, -0.15) is 8.78 Å². The highest BCUT2D eigenvalue weighted by molar-refractivity contribution is 6.42. The largest absolute Gasteiger partial charge is 0.449 e. The van der Waals surface area contributed by atoms with E-state index in [0.29, 0.717) is 6.92 Å². The summed E-state index contributed by atoms with van der Waals surface area (Å²) in [7, 11) is 0. The van der Waals surface area contributed by atoms with E-state index in [-0.39, 0.29) is 27.3 Å². The van der Waals surface area contributed by atoms with Gasteiger partial charge < -0.3 is 9.72 Å². The molecule has 0 spiro atoms. The first-order chi connectivity index (χ1) is 12.3. The van der Waals surface area contributed by atoms with E-state index in [9.17, 15) is 13.6 Å². The van der Waals surface area contributed by atoms with Crippen LogP contribution >= 0.6 is 23.2 Å². The van der Waals surface area contributed by atoms with Gasteiger partial charge in [0.1, 0.15) is 11.4 Å². The van der Waals surface area contributed by atoms with Gasteiger partial charge in [-0.3, -0.25) is 9.78 Å². The summed E-state index contributed by atoms with van der Waals surface area (Å²) in [4.78, 5) is 22.7. The minimum absolute atomic E-state index is 0.0720. The van der Waals surface area contributed by atoms with Crippen molar-refractivity contribution >= 4 is 23.2 Å². The van der Waals surface area contributed by atoms with Crippen LogP contribution in [0.3, 0.4) is 0 Å². The first kappa shape index (κ1) is 18.3. The van der Waals surface area contributed by atoms with Gasteiger partial charge in [0, 0.05) is 19.2 Å². The number of ether oxygens (including phenoxy) is 1. The number of aromatic nitrogens is 3. The summed E-state index contributed by atoms with van der Waals surface area (Å²) in [5.74, 6) is -4.07. The van der Waals surface area contributed by atoms with Crippen molar-refractivity contribution in [1.29, 1.82) is 0 Å². The lowest BCUT2D eigenvalue weighted by molar-refractivity contribution is 0.0104. The normalized spacial score (nSPS) is 11.4. The molecule has 5 nitrogen and oxygen atoms in total. The Morgan fingerprint density at radius 2 is 1.92 bits per heavy atom. The number of benzene rings is 1. The average Bonchev–Trinajstić information content (AvgIpc) is 2.59. The number of pyridine rings is 1. The molecule has 0 unspecified atom stereocenters. The lowest BCUT2D eigenvalue weighted by Gasteiger charge is -2.15. The summed E-state index contributed by atoms with van der Waals surface area (Å²) < 4.78 is 33.5. The molecule has 1 aromatic carbocycles. The first-order valence-electron chi connectivity index (χ1n) is 7.32. The van der Waals surface area contributed by atoms with Gasteiger partial charge in [-0.05, 0) is 24.3 Å². The quantitative estimate of drug-likeness (QED) is 0.669. The zero-order valence-electron chi connectivity index (χ0n) is 13.3. The highest BCUT2D eigenvalue weighted by Gasteiger charge is 2.34. The van der Waals surface area contributed by atoms with E-state index in [1.807, 2.05) is 0 Å². The first-order valence-corrected chi connectivity index (χ1v) is 8.08. The second kappa shape index (κ2) is 7.01. The van der Waals surface area contributed by atoms with Crippen LogP contribution in [0.5, 0.6) is 11.5 Å². The van der Waals surface area contributed by atoms with Crippen LogP contribution in [0.15, 0.2) is 47.4 Å². The Hall–Kier alpha value is -2.51. The number of alkyl halides is 2. The van der Waals surface area contributed by atoms with Crippen molar-refractivity contribution in [3.05, 3.63) is 68.7 Å². The fourth-order valence-electron chi connectivity index (χ4n) is 2.14. The lowest BCUT2D eigenvalue weighted by atomic mass is 10.2. The van der Waals surface area contributed by atoms with Crippen LogP contribution in [-0.4, -0.2) is 15.0 Å². The summed E-state index contributed by atoms with van der Waals surface area (Å²) in [5, 5.41) is 0.418. The Kier molecular flexibility index (Phi) is 4.93. The second-order valence-corrected chi connectivity index (χ2v) is 6.19. The number of hydrogen-bond donors (Lipinski definition) is 1. The molecule has 0 aliphatic heterocycles. The summed E-state index contributed by atoms with van der Waals surface area (Å²) >= 11 is 11.7. The Morgan fingerprint density at radius 1 is 1.15 bits per heavy atom. The highest BCUT2D eigenvalue weighted by Crippen LogP contribution is 2.35. The van der Waals surface area contributed by atoms with Crippen molar-refractivity contribution in [1.82, 2.24) is 15.0 Å². The van der Waals surface area contributed by atoms with Crippen molar-refractivity contribution in [3.63, 3.8) is 0 Å². The van der Waals surface area contributed by atoms with Crippen LogP contribution in [0.4, 0.5) is 8.78 Å². The molecule has 0 atom stereocenters. The van der Waals surface area contributed by atoms with E-state index in [1.165, 1.54) is 30.5 Å². The molecule has 9 heteroatoms. The minimum atomic E-state index is -3.43. The number of aromatic amines is 1. The van der Waals surface area contributed by atoms with Gasteiger partial charge >= 0.3 is 0 Å². The Morgan fingerprint density at radius 3 is 2.54 bits per heavy atom. The molecule has 26 heavy (non-hydrogen) atoms. The molecule has 134 valence electrons. The molecule has 0 aliphatic rings. The van der Waals surface area contributed by atoms with E-state index >= 15 is 0 Å². The van der Waals surface area contributed by atoms with Gasteiger partial charge in [0.05, 0.1) is 10.0 Å². The SMILES string of the molecule is CC(F)(F)c1nc(-c2ccccn2)[nH]c(=O)c1Oc1ccc(Cl)c(Cl)c1. The second-order valence-electron chi connectivity index (χ2n) is 5.37. The van der Waals surface area contributed by atoms with Gasteiger partial charge in [-0.1, -0.05) is 29.3 Å². The Bertz CT molecular complexity index is 1010. The average molecular weight is 398 g/mol. The van der Waals surface area contributed by atoms with Crippen molar-refractivity contribution in [2.24, 2.45) is 0 Å². The number of rotatable bonds is 4. The molecule has 2 heterocycles. The third-order valence-corrected chi connectivity index (χ3v) is 4.05. The zero-order chi connectivity index (χ0) is 18.9. The highest BCUT2D eigenvalue weighted by atomic mass is 35.5. The summed E-state index contributed by atoms with van der Waals surface area (Å²) in [5.41, 5.74) is -1.44. The molecule has 0 saturated carbocycles. The number of nitrogens with one attached hydrogen (secondary N) is 1. The minimum Gasteiger partial charge on any atom is -0.449 e. The van der Waals surface area contributed by atoms with Crippen LogP contribution < -0.4 is 10.3 Å². The molecular formula is C17H11Cl2F2N3O2. The van der Waals surface area contributed by atoms with E-state index in [0.717, 1.165) is 0 Å². The maximum absolute atomic E-state index is 14.1. The third-order valence-electron chi connectivity index (χ3n) is 3.31. The molecule has 0 saturated heterocycles. The van der Waals surface area contributed by atoms with Crippen LogP contribution in [-0.2, 0) is 5.92 Å². The maximum atomic E-state index is 14.1. The van der Waals surface area contributed by atoms with Gasteiger partial charge in [-0.25, -0.2) is 4.98 Å². The molecule has 0 bridgehead atoms. The van der Waals surface area contributed by atoms with E-state index in [2.05, 4.69) is 15.0 Å². The predicted molar refractivity (Wildman–Crippen MR) is 94.2 cm³/mol. The number of H-pyrrole nitrogens is 1. The molecule has 3 rings (SSSR count). The third kappa shape index (κ3) is 3.84. The number of halogens is 4. The summed E-state index contributed by atoms with van der Waals surface area (Å²) in [6.45, 7) is 0.624. The van der Waals surface area contributed by atoms with Gasteiger partial charge in [0.15, 0.2) is 11.5 Å². The van der Waals surface area contributed by atoms with Gasteiger partial charge in [-0.15, -0.1) is 0 Å². The molecule has 0 fully saturated rings. The van der Waals surface area contributed by atoms with Gasteiger partial charge in [0.2, 0.25) is 5.75 Å². The van der Waals surface area contributed by atoms with E-state index in [1.54, 1.807) is 12.1 Å². The van der Waals surface area contributed by atoms with Crippen molar-refractivity contribution in [3.8, 4) is 23.0 Å². The smallest absolute Gasteiger partial charge is 0.294 e. The molecule has 3 aromatic rings. The van der Waals surface area contributed by atoms with Crippen molar-refractivity contribution < 1.29 is 13.5 Å². The molecule has 0 aliphatic carbocycles. The predicted octanol–water partition coefficient (Wildman–Crippen LogP) is 5.04. The maximum Gasteiger partial charge on any atom is 0.294 e. The fourth-order valence-corrected chi connectivity index (χ4v) is 2.42. The van der Waals surface area contributed by atoms with Crippen LogP contribution in [0.2, 0.25) is 10.0 Å². The summed E-state index contributed by atoms with van der Waals surface area (Å²) in [6, 6.07) is 8.97. The Labute approximate surface area is 156 Å². The topological polar surface area (TPSA) is 67.9 Å². The van der Waals surface area contributed by atoms with Crippen molar-refractivity contribution in [2.75, 3.05) is 0 Å². The molecule has 1 N–H and O–H groups in total. The monoisotopic (exact) mass is 397 g/mol. The van der Waals surface area contributed by atoms with E-state index < -0.39 is 22.9 Å². The van der Waals surface area contributed by atoms with Crippen molar-refractivity contribution in [2.45, 2.75) is 12.8 Å². The van der Waals surface area contributed by atoms with Gasteiger partial charge in [0.25, 0.3) is 11.5 Å². The zero-order valence-corrected chi connectivity index (χ0v) is 14.8. The molecule has 0 amide bonds. The number of hydrogen-bond acceptors (Lipinski definition) is 4. The lowest BCUT2D eigenvalue weighted by Crippen LogP contribution is -2.21. The number of nitrogens with zero attached hydrogens (tertiary/aromatic N) is 2. The fraction of sp³-hybridized carbons (Fsp3) is 0.118. The standard InChI is InChI=1S/C17H11Cl2F2N3O2/c1-17(20,21)14-13(26-9-5-6-10(18)11(19)8-9)16(25)24-15(23-14)12-4-2-3-7-22-12/h2-8H,1H3,(H,23,24,25). The van der Waals surface area contributed by atoms with Crippen LogP contribution in [0, 0.1) is 0 Å². The molecule has 0 radical (unpaired) electrons.